The summed E-state index contributed by atoms with van der Waals surface area (Å²) in [5, 5.41) is 16.7. The van der Waals surface area contributed by atoms with E-state index in [1.807, 2.05) is 0 Å². The first-order valence-electron chi connectivity index (χ1n) is 9.93. The molecule has 1 unspecified atom stereocenters. The minimum absolute atomic E-state index is 0.0681. The number of rotatable bonds is 5. The van der Waals surface area contributed by atoms with Crippen molar-refractivity contribution < 1.29 is 32.0 Å². The lowest BCUT2D eigenvalue weighted by atomic mass is 9.73. The van der Waals surface area contributed by atoms with E-state index in [4.69, 9.17) is 0 Å². The molecule has 1 atom stereocenters. The number of hydrogen-bond donors (Lipinski definition) is 2. The monoisotopic (exact) mass is 466 g/mol. The number of aromatic nitrogens is 1. The van der Waals surface area contributed by atoms with Crippen molar-refractivity contribution in [3.63, 3.8) is 0 Å². The van der Waals surface area contributed by atoms with Crippen LogP contribution in [0.25, 0.3) is 10.8 Å². The van der Waals surface area contributed by atoms with Gasteiger partial charge in [-0.15, -0.1) is 0 Å². The second-order valence-electron chi connectivity index (χ2n) is 8.65. The van der Waals surface area contributed by atoms with Gasteiger partial charge in [0.1, 0.15) is 5.82 Å². The smallest absolute Gasteiger partial charge is 0.373 e. The first-order valence-corrected chi connectivity index (χ1v) is 9.93. The highest BCUT2D eigenvalue weighted by atomic mass is 19.4. The average Bonchev–Trinajstić information content (AvgIpc) is 2.69. The number of nitrogens with one attached hydrogen (secondary N) is 1. The van der Waals surface area contributed by atoms with Crippen molar-refractivity contribution in [3.8, 4) is 0 Å². The second kappa shape index (κ2) is 8.26. The van der Waals surface area contributed by atoms with Crippen LogP contribution in [0.4, 0.5) is 23.2 Å². The van der Waals surface area contributed by atoms with Gasteiger partial charge in [-0.25, -0.2) is 9.18 Å². The maximum absolute atomic E-state index is 14.0. The Morgan fingerprint density at radius 2 is 1.76 bits per heavy atom. The van der Waals surface area contributed by atoms with Gasteiger partial charge >= 0.3 is 11.8 Å². The van der Waals surface area contributed by atoms with Crippen molar-refractivity contribution in [2.45, 2.75) is 51.3 Å². The van der Waals surface area contributed by atoms with Gasteiger partial charge < -0.3 is 14.9 Å². The van der Waals surface area contributed by atoms with Crippen LogP contribution in [0.1, 0.15) is 37.1 Å². The Kier molecular flexibility index (Phi) is 6.10. The van der Waals surface area contributed by atoms with E-state index in [0.717, 1.165) is 6.07 Å². The van der Waals surface area contributed by atoms with Gasteiger partial charge in [0.2, 0.25) is 5.60 Å². The number of amides is 1. The van der Waals surface area contributed by atoms with Gasteiger partial charge in [0.15, 0.2) is 0 Å². The van der Waals surface area contributed by atoms with E-state index in [0.29, 0.717) is 16.8 Å². The summed E-state index contributed by atoms with van der Waals surface area (Å²) in [7, 11) is 0. The predicted octanol–water partition coefficient (Wildman–Crippen LogP) is 4.54. The fraction of sp³-hybridized carbons (Fsp3) is 0.348. The summed E-state index contributed by atoms with van der Waals surface area (Å²) in [5.41, 5.74) is -4.87. The highest BCUT2D eigenvalue weighted by molar-refractivity contribution is 5.99. The number of alkyl halides is 3. The van der Waals surface area contributed by atoms with Crippen molar-refractivity contribution in [2.24, 2.45) is 0 Å². The van der Waals surface area contributed by atoms with Crippen LogP contribution in [0.5, 0.6) is 0 Å². The average molecular weight is 466 g/mol. The van der Waals surface area contributed by atoms with Gasteiger partial charge in [-0.2, -0.15) is 13.2 Å². The fourth-order valence-corrected chi connectivity index (χ4v) is 3.97. The van der Waals surface area contributed by atoms with Gasteiger partial charge in [-0.1, -0.05) is 25.1 Å². The zero-order valence-electron chi connectivity index (χ0n) is 18.3. The Hall–Kier alpha value is -3.27. The molecule has 2 N–H and O–H groups in total. The Bertz CT molecular complexity index is 1280. The molecule has 176 valence electrons. The van der Waals surface area contributed by atoms with Crippen LogP contribution in [0, 0.1) is 19.7 Å². The molecule has 0 radical (unpaired) electrons. The first kappa shape index (κ1) is 24.4. The summed E-state index contributed by atoms with van der Waals surface area (Å²) in [6.07, 6.45) is -6.32. The molecule has 0 saturated carbocycles. The van der Waals surface area contributed by atoms with Gasteiger partial charge in [-0.3, -0.25) is 4.79 Å². The van der Waals surface area contributed by atoms with E-state index in [1.165, 1.54) is 58.0 Å². The van der Waals surface area contributed by atoms with E-state index < -0.39 is 41.0 Å². The molecule has 0 aliphatic carbocycles. The Balaban J connectivity index is 1.98. The summed E-state index contributed by atoms with van der Waals surface area (Å²) >= 11 is 0. The number of aryl methyl sites for hydroxylation is 2. The summed E-state index contributed by atoms with van der Waals surface area (Å²) in [6, 6.07) is 7.40. The lowest BCUT2D eigenvalue weighted by Crippen LogP contribution is -2.57. The number of anilines is 1. The molecule has 33 heavy (non-hydrogen) atoms. The van der Waals surface area contributed by atoms with Crippen LogP contribution in [-0.2, 0) is 10.2 Å². The third-order valence-corrected chi connectivity index (χ3v) is 5.61. The van der Waals surface area contributed by atoms with Crippen LogP contribution >= 0.6 is 0 Å². The lowest BCUT2D eigenvalue weighted by Gasteiger charge is -2.37. The van der Waals surface area contributed by atoms with E-state index in [2.05, 4.69) is 15.0 Å². The summed E-state index contributed by atoms with van der Waals surface area (Å²) in [5.74, 6) is -2.23. The third kappa shape index (κ3) is 4.61. The number of hydrogen-bond acceptors (Lipinski definition) is 5. The molecule has 1 amide bonds. The van der Waals surface area contributed by atoms with Crippen LogP contribution in [-0.4, -0.2) is 27.9 Å². The topological polar surface area (TPSA) is 92.4 Å². The Labute approximate surface area is 186 Å². The summed E-state index contributed by atoms with van der Waals surface area (Å²) in [4.78, 5) is 24.5. The SMILES string of the molecule is Cc1cc(F)ccc1C(C)(C)CC(O)(C(=O)Nc1ccc2c(=O)onc(C)c2c1)C(F)(F)F. The van der Waals surface area contributed by atoms with E-state index in [1.54, 1.807) is 0 Å². The molecule has 2 aromatic carbocycles. The Morgan fingerprint density at radius 1 is 1.09 bits per heavy atom. The molecule has 6 nitrogen and oxygen atoms in total. The van der Waals surface area contributed by atoms with Crippen LogP contribution < -0.4 is 10.9 Å². The molecule has 0 saturated heterocycles. The second-order valence-corrected chi connectivity index (χ2v) is 8.65. The van der Waals surface area contributed by atoms with Crippen LogP contribution in [0.3, 0.4) is 0 Å². The lowest BCUT2D eigenvalue weighted by molar-refractivity contribution is -0.254. The molecule has 0 fully saturated rings. The fourth-order valence-electron chi connectivity index (χ4n) is 3.97. The van der Waals surface area contributed by atoms with Gasteiger partial charge in [-0.05, 0) is 60.7 Å². The molecule has 3 rings (SSSR count). The molecular weight excluding hydrogens is 444 g/mol. The molecular formula is C23H22F4N2O4. The molecule has 0 aliphatic heterocycles. The predicted molar refractivity (Wildman–Crippen MR) is 113 cm³/mol. The number of carbonyl (C=O) groups excluding carboxylic acids is 1. The van der Waals surface area contributed by atoms with E-state index in [-0.39, 0.29) is 16.5 Å². The highest BCUT2D eigenvalue weighted by Crippen LogP contribution is 2.42. The number of carbonyl (C=O) groups is 1. The van der Waals surface area contributed by atoms with Gasteiger partial charge in [0.25, 0.3) is 5.91 Å². The molecule has 0 bridgehead atoms. The Morgan fingerprint density at radius 3 is 2.36 bits per heavy atom. The highest BCUT2D eigenvalue weighted by Gasteiger charge is 2.61. The minimum atomic E-state index is -5.31. The third-order valence-electron chi connectivity index (χ3n) is 5.61. The molecule has 10 heteroatoms. The van der Waals surface area contributed by atoms with E-state index >= 15 is 0 Å². The number of nitrogens with zero attached hydrogens (tertiary/aromatic N) is 1. The maximum Gasteiger partial charge on any atom is 0.426 e. The quantitative estimate of drug-likeness (QED) is 0.539. The number of benzene rings is 2. The van der Waals surface area contributed by atoms with Gasteiger partial charge in [0.05, 0.1) is 11.1 Å². The molecule has 1 heterocycles. The van der Waals surface area contributed by atoms with Crippen molar-refractivity contribution in [1.29, 1.82) is 0 Å². The largest absolute Gasteiger partial charge is 0.426 e. The standard InChI is InChI=1S/C23H22F4N2O4/c1-12-9-14(24)5-8-18(12)21(3,4)11-22(32,23(25,26)27)20(31)28-15-6-7-16-17(10-15)13(2)29-33-19(16)30/h5-10,32H,11H2,1-4H3,(H,28,31). The normalized spacial score (nSPS) is 14.2. The number of halogens is 4. The molecule has 0 aliphatic rings. The van der Waals surface area contributed by atoms with Crippen LogP contribution in [0.2, 0.25) is 0 Å². The maximum atomic E-state index is 14.0. The molecule has 3 aromatic rings. The number of aliphatic hydroxyl groups is 1. The zero-order valence-corrected chi connectivity index (χ0v) is 18.3. The van der Waals surface area contributed by atoms with Crippen molar-refractivity contribution in [3.05, 3.63) is 69.5 Å². The zero-order chi connectivity index (χ0) is 24.8. The van der Waals surface area contributed by atoms with Crippen LogP contribution in [0.15, 0.2) is 45.7 Å². The van der Waals surface area contributed by atoms with Crippen molar-refractivity contribution >= 4 is 22.4 Å². The molecule has 0 spiro atoms. The molecule has 1 aromatic heterocycles. The summed E-state index contributed by atoms with van der Waals surface area (Å²) in [6.45, 7) is 5.93. The summed E-state index contributed by atoms with van der Waals surface area (Å²) < 4.78 is 60.1. The minimum Gasteiger partial charge on any atom is -0.373 e. The van der Waals surface area contributed by atoms with Crippen molar-refractivity contribution in [1.82, 2.24) is 5.16 Å². The van der Waals surface area contributed by atoms with Gasteiger partial charge in [0, 0.05) is 17.5 Å². The number of fused-ring (bicyclic) bond motifs is 1. The van der Waals surface area contributed by atoms with Crippen molar-refractivity contribution in [2.75, 3.05) is 5.32 Å². The van der Waals surface area contributed by atoms with E-state index in [9.17, 15) is 32.3 Å². The first-order chi connectivity index (χ1) is 15.2.